The van der Waals surface area contributed by atoms with Crippen LogP contribution in [0.4, 0.5) is 11.4 Å². The van der Waals surface area contributed by atoms with Crippen LogP contribution in [0.3, 0.4) is 0 Å². The minimum absolute atomic E-state index is 0. The molecule has 48 heavy (non-hydrogen) atoms. The zero-order valence-electron chi connectivity index (χ0n) is 32.4. The Labute approximate surface area is 347 Å². The monoisotopic (exact) mass is 810 g/mol. The molecule has 268 valence electrons. The van der Waals surface area contributed by atoms with Gasteiger partial charge in [-0.2, -0.15) is 0 Å². The third-order valence-corrected chi connectivity index (χ3v) is 13.2. The molecule has 0 saturated carbocycles. The Kier molecular flexibility index (Phi) is 32.3. The molecule has 0 unspecified atom stereocenters. The molecule has 10 heteroatoms. The van der Waals surface area contributed by atoms with Gasteiger partial charge in [-0.25, -0.2) is 0 Å². The van der Waals surface area contributed by atoms with Crippen LogP contribution in [0.25, 0.3) is 9.96 Å². The Bertz CT molecular complexity index is 946. The Morgan fingerprint density at radius 2 is 0.708 bits per heavy atom. The number of ether oxygens (including phenoxy) is 2. The molecule has 0 N–H and O–H groups in total. The third-order valence-electron chi connectivity index (χ3n) is 8.62. The van der Waals surface area contributed by atoms with Gasteiger partial charge >= 0.3 is 45.1 Å². The van der Waals surface area contributed by atoms with Gasteiger partial charge in [0.2, 0.25) is 0 Å². The van der Waals surface area contributed by atoms with Crippen LogP contribution in [0.15, 0.2) is 36.4 Å². The van der Waals surface area contributed by atoms with Crippen LogP contribution < -0.4 is 56.1 Å². The summed E-state index contributed by atoms with van der Waals surface area (Å²) in [7, 11) is -2.49. The largest absolute Gasteiger partial charge is 4.00 e. The molecule has 0 radical (unpaired) electrons. The molecule has 2 saturated heterocycles. The van der Waals surface area contributed by atoms with E-state index in [0.717, 1.165) is 26.4 Å². The van der Waals surface area contributed by atoms with Crippen LogP contribution >= 0.6 is 0 Å². The third kappa shape index (κ3) is 16.5. The second-order valence-electron chi connectivity index (χ2n) is 14.1. The average Bonchev–Trinajstić information content (AvgIpc) is 3.72. The van der Waals surface area contributed by atoms with Gasteiger partial charge in [-0.1, -0.05) is 153 Å². The molecule has 2 heterocycles. The van der Waals surface area contributed by atoms with Crippen molar-refractivity contribution in [3.63, 3.8) is 0 Å². The van der Waals surface area contributed by atoms with Gasteiger partial charge in [-0.3, -0.25) is 0 Å². The predicted octanol–water partition coefficient (Wildman–Crippen LogP) is 0.760. The van der Waals surface area contributed by atoms with Gasteiger partial charge in [0.1, 0.15) is 0 Å². The summed E-state index contributed by atoms with van der Waals surface area (Å²) in [6.45, 7) is 31.7. The normalized spacial score (nSPS) is 13.7. The van der Waals surface area contributed by atoms with Gasteiger partial charge in [0.25, 0.3) is 0 Å². The van der Waals surface area contributed by atoms with E-state index < -0.39 is 8.40 Å². The van der Waals surface area contributed by atoms with Gasteiger partial charge in [-0.05, 0) is 49.4 Å². The van der Waals surface area contributed by atoms with Gasteiger partial charge in [-0.15, -0.1) is 19.8 Å². The number of hydrogen-bond donors (Lipinski definition) is 0. The molecule has 2 aliphatic rings. The SMILES string of the molecule is C1CCOC1.C1CCOC1.CC(C)c1cccc(C(C)C)c1[N-][Si]([N-]c1c(C(C)C)cccc1C(C)C)(C(C)C)C(C)C.[Cl-].[Cl-].[Cl-].[Li+].[Zr+4]. The second-order valence-corrected chi connectivity index (χ2v) is 18.5. The summed E-state index contributed by atoms with van der Waals surface area (Å²) in [5, 5.41) is 0. The first-order valence-electron chi connectivity index (χ1n) is 17.2. The Morgan fingerprint density at radius 1 is 0.479 bits per heavy atom. The van der Waals surface area contributed by atoms with Gasteiger partial charge in [0, 0.05) is 26.4 Å². The fraction of sp³-hybridized carbons (Fsp3) is 0.684. The minimum atomic E-state index is -2.49. The van der Waals surface area contributed by atoms with Crippen molar-refractivity contribution >= 4 is 19.8 Å². The summed E-state index contributed by atoms with van der Waals surface area (Å²) < 4.78 is 9.89. The molecule has 0 aliphatic carbocycles. The number of halogens is 3. The number of nitrogens with zero attached hydrogens (tertiary/aromatic N) is 2. The summed E-state index contributed by atoms with van der Waals surface area (Å²) in [5.74, 6) is 1.73. The maximum absolute atomic E-state index is 5.80. The molecule has 2 fully saturated rings. The van der Waals surface area contributed by atoms with Crippen molar-refractivity contribution in [2.75, 3.05) is 26.4 Å². The summed E-state index contributed by atoms with van der Waals surface area (Å²) in [6, 6.07) is 13.5. The van der Waals surface area contributed by atoms with Crippen LogP contribution in [0, 0.1) is 0 Å². The van der Waals surface area contributed by atoms with E-state index >= 15 is 0 Å². The van der Waals surface area contributed by atoms with E-state index in [1.165, 1.54) is 59.3 Å². The van der Waals surface area contributed by atoms with Gasteiger partial charge in [0.05, 0.1) is 0 Å². The van der Waals surface area contributed by atoms with Gasteiger partial charge in [0.15, 0.2) is 0 Å². The first-order chi connectivity index (χ1) is 20.3. The molecule has 0 amide bonds. The summed E-state index contributed by atoms with van der Waals surface area (Å²) in [5.41, 5.74) is 8.66. The quantitative estimate of drug-likeness (QED) is 0.334. The molecule has 4 rings (SSSR count). The van der Waals surface area contributed by atoms with E-state index in [4.69, 9.17) is 19.4 Å². The molecular weight excluding hydrogens is 749 g/mol. The first kappa shape index (κ1) is 55.3. The first-order valence-corrected chi connectivity index (χ1v) is 19.2. The van der Waals surface area contributed by atoms with E-state index in [1.807, 2.05) is 0 Å². The average molecular weight is 814 g/mol. The van der Waals surface area contributed by atoms with E-state index in [-0.39, 0.29) is 82.3 Å². The van der Waals surface area contributed by atoms with E-state index in [9.17, 15) is 0 Å². The van der Waals surface area contributed by atoms with Crippen LogP contribution in [0.5, 0.6) is 0 Å². The molecule has 2 aliphatic heterocycles. The van der Waals surface area contributed by atoms with Crippen molar-refractivity contribution in [3.8, 4) is 0 Å². The standard InChI is InChI=1S/C30H48N2Si.2C4H8O.3ClH.Li.Zr/c1-19(2)25-15-13-16-26(20(3)4)29(25)31-33(23(9)10,24(11)12)32-30-27(21(5)6)17-14-18-28(30)22(7)8;2*1-2-4-5-3-1;;;;;/h13-24H,1-12H3;2*1-4H2;3*1H;;/q-2;;;;;;+1;+4/p-3. The molecule has 0 atom stereocenters. The molecule has 0 bridgehead atoms. The topological polar surface area (TPSA) is 46.7 Å². The summed E-state index contributed by atoms with van der Waals surface area (Å²) in [4.78, 5) is 11.6. The molecule has 0 aromatic heterocycles. The van der Waals surface area contributed by atoms with Crippen LogP contribution in [0.1, 0.15) is 155 Å². The fourth-order valence-corrected chi connectivity index (χ4v) is 9.52. The fourth-order valence-electron chi connectivity index (χ4n) is 5.87. The van der Waals surface area contributed by atoms with Crippen molar-refractivity contribution in [2.45, 2.75) is 144 Å². The number of hydrogen-bond acceptors (Lipinski definition) is 2. The molecule has 4 nitrogen and oxygen atoms in total. The van der Waals surface area contributed by atoms with Crippen molar-refractivity contribution in [1.29, 1.82) is 0 Å². The molecular formula is C38H64Cl3LiN2O2SiZr. The van der Waals surface area contributed by atoms with E-state index in [0.29, 0.717) is 34.8 Å². The van der Waals surface area contributed by atoms with Crippen LogP contribution in [-0.4, -0.2) is 34.8 Å². The van der Waals surface area contributed by atoms with Gasteiger partial charge < -0.3 is 56.7 Å². The Hall–Kier alpha value is 0.527. The van der Waals surface area contributed by atoms with E-state index in [2.05, 4.69) is 119 Å². The van der Waals surface area contributed by atoms with E-state index in [1.54, 1.807) is 0 Å². The maximum atomic E-state index is 5.80. The predicted molar refractivity (Wildman–Crippen MR) is 191 cm³/mol. The van der Waals surface area contributed by atoms with Crippen molar-refractivity contribution in [1.82, 2.24) is 0 Å². The van der Waals surface area contributed by atoms with Crippen molar-refractivity contribution in [3.05, 3.63) is 68.6 Å². The number of rotatable bonds is 10. The maximum Gasteiger partial charge on any atom is 4.00 e. The molecule has 2 aromatic rings. The van der Waals surface area contributed by atoms with Crippen molar-refractivity contribution < 1.29 is 91.8 Å². The zero-order valence-corrected chi connectivity index (χ0v) is 38.2. The minimum Gasteiger partial charge on any atom is -1.00 e. The molecule has 0 spiro atoms. The summed E-state index contributed by atoms with van der Waals surface area (Å²) in [6.07, 6.45) is 5.11. The smallest absolute Gasteiger partial charge is 1.00 e. The zero-order chi connectivity index (χ0) is 32.2. The second kappa shape index (κ2) is 28.1. The van der Waals surface area contributed by atoms with Crippen molar-refractivity contribution in [2.24, 2.45) is 0 Å². The Morgan fingerprint density at radius 3 is 0.854 bits per heavy atom. The summed E-state index contributed by atoms with van der Waals surface area (Å²) >= 11 is 0. The van der Waals surface area contributed by atoms with Crippen LogP contribution in [0.2, 0.25) is 11.1 Å². The van der Waals surface area contributed by atoms with Crippen LogP contribution in [-0.2, 0) is 35.7 Å². The number of benzene rings is 2. The Balaban J connectivity index is -0.000000550. The molecule has 2 aromatic carbocycles.